The third-order valence-corrected chi connectivity index (χ3v) is 1.21. The first-order chi connectivity index (χ1) is 5.18. The maximum atomic E-state index is 10.6. The molecule has 0 saturated heterocycles. The molecule has 0 fully saturated rings. The van der Waals surface area contributed by atoms with Gasteiger partial charge in [-0.3, -0.25) is 4.79 Å². The standard InChI is InChI=1S/C9H9NO/c1-7-3-5-9(6-4-7)10-8(2)11/h3,5H,1-2H3,(H,10,11). The van der Waals surface area contributed by atoms with Crippen molar-refractivity contribution in [3.05, 3.63) is 29.8 Å². The van der Waals surface area contributed by atoms with Crippen LogP contribution in [-0.4, -0.2) is 5.91 Å². The Bertz CT molecular complexity index is 251. The summed E-state index contributed by atoms with van der Waals surface area (Å²) >= 11 is 0. The van der Waals surface area contributed by atoms with Gasteiger partial charge in [-0.15, -0.1) is 0 Å². The molecule has 1 amide bonds. The molecule has 0 aromatic heterocycles. The molecule has 1 N–H and O–H groups in total. The van der Waals surface area contributed by atoms with E-state index in [-0.39, 0.29) is 5.91 Å². The Kier molecular flexibility index (Phi) is 2.12. The van der Waals surface area contributed by atoms with Gasteiger partial charge in [0.1, 0.15) is 0 Å². The molecule has 0 aliphatic heterocycles. The van der Waals surface area contributed by atoms with Gasteiger partial charge in [0, 0.05) is 6.92 Å². The van der Waals surface area contributed by atoms with E-state index in [1.165, 1.54) is 6.92 Å². The fourth-order valence-corrected chi connectivity index (χ4v) is 0.720. The van der Waals surface area contributed by atoms with Gasteiger partial charge in [-0.05, 0) is 30.7 Å². The minimum Gasteiger partial charge on any atom is -0.319 e. The molecule has 0 aliphatic rings. The van der Waals surface area contributed by atoms with Gasteiger partial charge in [-0.1, -0.05) is 6.07 Å². The zero-order chi connectivity index (χ0) is 8.27. The highest BCUT2D eigenvalue weighted by atomic mass is 16.1. The molecule has 56 valence electrons. The summed E-state index contributed by atoms with van der Waals surface area (Å²) in [5.41, 5.74) is 1.68. The molecule has 0 saturated carbocycles. The molecule has 1 aromatic rings. The zero-order valence-electron chi connectivity index (χ0n) is 6.56. The van der Waals surface area contributed by atoms with Crippen molar-refractivity contribution >= 4 is 11.6 Å². The largest absolute Gasteiger partial charge is 0.319 e. The van der Waals surface area contributed by atoms with Gasteiger partial charge in [0.25, 0.3) is 0 Å². The van der Waals surface area contributed by atoms with Crippen LogP contribution in [0.2, 0.25) is 0 Å². The molecule has 0 unspecified atom stereocenters. The van der Waals surface area contributed by atoms with E-state index >= 15 is 0 Å². The van der Waals surface area contributed by atoms with E-state index in [2.05, 4.69) is 17.4 Å². The Morgan fingerprint density at radius 1 is 1.45 bits per heavy atom. The number of amides is 1. The number of hydrogen-bond donors (Lipinski definition) is 1. The summed E-state index contributed by atoms with van der Waals surface area (Å²) in [5.74, 6) is -0.0847. The molecule has 0 radical (unpaired) electrons. The number of rotatable bonds is 1. The molecule has 1 aromatic carbocycles. The van der Waals surface area contributed by atoms with Crippen molar-refractivity contribution in [1.29, 1.82) is 0 Å². The lowest BCUT2D eigenvalue weighted by atomic mass is 10.3. The van der Waals surface area contributed by atoms with Crippen molar-refractivity contribution in [3.63, 3.8) is 0 Å². The van der Waals surface area contributed by atoms with Gasteiger partial charge in [0.05, 0.1) is 5.69 Å². The third-order valence-electron chi connectivity index (χ3n) is 1.21. The molecule has 0 aliphatic carbocycles. The van der Waals surface area contributed by atoms with Crippen LogP contribution in [-0.2, 0) is 4.79 Å². The predicted octanol–water partition coefficient (Wildman–Crippen LogP) is 1.55. The van der Waals surface area contributed by atoms with E-state index in [0.717, 1.165) is 5.56 Å². The maximum absolute atomic E-state index is 10.6. The number of carbonyl (C=O) groups is 1. The van der Waals surface area contributed by atoms with Crippen molar-refractivity contribution in [3.8, 4) is 0 Å². The van der Waals surface area contributed by atoms with Crippen LogP contribution in [0, 0.1) is 19.1 Å². The van der Waals surface area contributed by atoms with Gasteiger partial charge in [0.2, 0.25) is 5.91 Å². The second kappa shape index (κ2) is 3.07. The number of anilines is 1. The van der Waals surface area contributed by atoms with E-state index in [9.17, 15) is 4.79 Å². The minimum absolute atomic E-state index is 0.0847. The topological polar surface area (TPSA) is 29.1 Å². The fraction of sp³-hybridized carbons (Fsp3) is 0.222. The summed E-state index contributed by atoms with van der Waals surface area (Å²) in [5, 5.41) is 2.61. The van der Waals surface area contributed by atoms with Crippen LogP contribution in [0.5, 0.6) is 0 Å². The monoisotopic (exact) mass is 147 g/mol. The maximum Gasteiger partial charge on any atom is 0.221 e. The average Bonchev–Trinajstić information content (AvgIpc) is 1.93. The molecule has 0 heterocycles. The van der Waals surface area contributed by atoms with Gasteiger partial charge in [-0.25, -0.2) is 0 Å². The van der Waals surface area contributed by atoms with Crippen LogP contribution in [0.4, 0.5) is 5.69 Å². The van der Waals surface area contributed by atoms with Crippen molar-refractivity contribution in [2.45, 2.75) is 13.8 Å². The van der Waals surface area contributed by atoms with Crippen molar-refractivity contribution in [2.24, 2.45) is 0 Å². The molecule has 2 nitrogen and oxygen atoms in total. The number of hydrogen-bond acceptors (Lipinski definition) is 1. The first-order valence-corrected chi connectivity index (χ1v) is 3.36. The molecular formula is C9H9NO. The second-order valence-corrected chi connectivity index (χ2v) is 2.36. The number of aryl methyl sites for hydroxylation is 1. The van der Waals surface area contributed by atoms with Crippen LogP contribution in [0.3, 0.4) is 0 Å². The summed E-state index contributed by atoms with van der Waals surface area (Å²) in [6.07, 6.45) is 0. The summed E-state index contributed by atoms with van der Waals surface area (Å²) in [6, 6.07) is 9.35. The van der Waals surface area contributed by atoms with Crippen LogP contribution < -0.4 is 5.32 Å². The summed E-state index contributed by atoms with van der Waals surface area (Å²) in [7, 11) is 0. The SMILES string of the molecule is CC(=O)Nc1c#cc(C)cc1. The minimum atomic E-state index is -0.0847. The molecule has 1 rings (SSSR count). The first-order valence-electron chi connectivity index (χ1n) is 3.36. The van der Waals surface area contributed by atoms with Gasteiger partial charge in [-0.2, -0.15) is 0 Å². The Morgan fingerprint density at radius 3 is 2.64 bits per heavy atom. The fourth-order valence-electron chi connectivity index (χ4n) is 0.720. The molecule has 0 bridgehead atoms. The molecule has 11 heavy (non-hydrogen) atoms. The van der Waals surface area contributed by atoms with E-state index < -0.39 is 0 Å². The molecule has 0 spiro atoms. The highest BCUT2D eigenvalue weighted by Gasteiger charge is 1.91. The number of carbonyl (C=O) groups excluding carboxylic acids is 1. The highest BCUT2D eigenvalue weighted by Crippen LogP contribution is 2.01. The van der Waals surface area contributed by atoms with Crippen LogP contribution in [0.15, 0.2) is 12.1 Å². The van der Waals surface area contributed by atoms with Gasteiger partial charge in [0.15, 0.2) is 0 Å². The van der Waals surface area contributed by atoms with Crippen LogP contribution in [0.1, 0.15) is 12.5 Å². The average molecular weight is 147 g/mol. The second-order valence-electron chi connectivity index (χ2n) is 2.36. The Balaban J connectivity index is 2.74. The number of nitrogens with one attached hydrogen (secondary N) is 1. The Labute approximate surface area is 66.2 Å². The van der Waals surface area contributed by atoms with Gasteiger partial charge < -0.3 is 5.32 Å². The lowest BCUT2D eigenvalue weighted by Crippen LogP contribution is -2.04. The summed E-state index contributed by atoms with van der Waals surface area (Å²) < 4.78 is 0. The molecule has 2 heteroatoms. The van der Waals surface area contributed by atoms with Gasteiger partial charge >= 0.3 is 0 Å². The van der Waals surface area contributed by atoms with Crippen molar-refractivity contribution in [1.82, 2.24) is 0 Å². The van der Waals surface area contributed by atoms with Crippen LogP contribution >= 0.6 is 0 Å². The summed E-state index contributed by atoms with van der Waals surface area (Å²) in [6.45, 7) is 3.39. The van der Waals surface area contributed by atoms with Crippen molar-refractivity contribution in [2.75, 3.05) is 5.32 Å². The summed E-state index contributed by atoms with van der Waals surface area (Å²) in [4.78, 5) is 10.6. The zero-order valence-corrected chi connectivity index (χ0v) is 6.56. The van der Waals surface area contributed by atoms with Crippen LogP contribution in [0.25, 0.3) is 0 Å². The Hall–Kier alpha value is -1.49. The van der Waals surface area contributed by atoms with E-state index in [0.29, 0.717) is 5.69 Å². The normalized spacial score (nSPS) is 8.55. The quantitative estimate of drug-likeness (QED) is 0.641. The van der Waals surface area contributed by atoms with E-state index in [1.807, 2.05) is 13.0 Å². The smallest absolute Gasteiger partial charge is 0.221 e. The highest BCUT2D eigenvalue weighted by molar-refractivity contribution is 5.88. The Morgan fingerprint density at radius 2 is 2.18 bits per heavy atom. The predicted molar refractivity (Wildman–Crippen MR) is 43.2 cm³/mol. The third kappa shape index (κ3) is 2.30. The lowest BCUT2D eigenvalue weighted by molar-refractivity contribution is -0.114. The molecule has 0 atom stereocenters. The van der Waals surface area contributed by atoms with E-state index in [1.54, 1.807) is 6.07 Å². The van der Waals surface area contributed by atoms with Crippen molar-refractivity contribution < 1.29 is 4.79 Å². The lowest BCUT2D eigenvalue weighted by Gasteiger charge is -1.96. The first kappa shape index (κ1) is 7.62. The van der Waals surface area contributed by atoms with E-state index in [4.69, 9.17) is 0 Å². The molecular weight excluding hydrogens is 138 g/mol.